The fourth-order valence-corrected chi connectivity index (χ4v) is 2.21. The van der Waals surface area contributed by atoms with Crippen LogP contribution in [0.3, 0.4) is 0 Å². The first kappa shape index (κ1) is 14.2. The van der Waals surface area contributed by atoms with Crippen LogP contribution in [-0.4, -0.2) is 22.1 Å². The molecule has 0 aliphatic carbocycles. The Labute approximate surface area is 106 Å². The zero-order valence-electron chi connectivity index (χ0n) is 11.6. The molecule has 0 bridgehead atoms. The number of aryl methyl sites for hydroxylation is 1. The maximum absolute atomic E-state index is 4.49. The van der Waals surface area contributed by atoms with E-state index in [-0.39, 0.29) is 0 Å². The van der Waals surface area contributed by atoms with E-state index in [9.17, 15) is 0 Å². The van der Waals surface area contributed by atoms with Crippen molar-refractivity contribution in [1.82, 2.24) is 14.9 Å². The Morgan fingerprint density at radius 2 is 2.12 bits per heavy atom. The van der Waals surface area contributed by atoms with Crippen LogP contribution in [0, 0.1) is 0 Å². The van der Waals surface area contributed by atoms with Crippen LogP contribution in [0.25, 0.3) is 0 Å². The normalized spacial score (nSPS) is 12.9. The highest BCUT2D eigenvalue weighted by atomic mass is 15.1. The second-order valence-electron chi connectivity index (χ2n) is 4.64. The standard InChI is InChI=1S/C14H27N3/c1-4-7-8-13(15-6-3)12-14-16-9-11-17(14)10-5-2/h9,11,13,15H,4-8,10,12H2,1-3H3. The number of hydrogen-bond acceptors (Lipinski definition) is 2. The molecule has 1 atom stereocenters. The maximum atomic E-state index is 4.49. The number of rotatable bonds is 9. The third-order valence-corrected chi connectivity index (χ3v) is 3.09. The topological polar surface area (TPSA) is 29.9 Å². The number of unbranched alkanes of at least 4 members (excludes halogenated alkanes) is 1. The van der Waals surface area contributed by atoms with Crippen LogP contribution in [0.1, 0.15) is 52.3 Å². The van der Waals surface area contributed by atoms with Gasteiger partial charge in [0.25, 0.3) is 0 Å². The molecule has 0 saturated carbocycles. The molecule has 17 heavy (non-hydrogen) atoms. The number of hydrogen-bond donors (Lipinski definition) is 1. The summed E-state index contributed by atoms with van der Waals surface area (Å²) in [7, 11) is 0. The molecule has 3 heteroatoms. The molecule has 1 N–H and O–H groups in total. The lowest BCUT2D eigenvalue weighted by atomic mass is 10.1. The van der Waals surface area contributed by atoms with Crippen molar-refractivity contribution in [3.63, 3.8) is 0 Å². The number of nitrogens with zero attached hydrogens (tertiary/aromatic N) is 2. The van der Waals surface area contributed by atoms with Crippen molar-refractivity contribution in [3.05, 3.63) is 18.2 Å². The number of nitrogens with one attached hydrogen (secondary N) is 1. The van der Waals surface area contributed by atoms with Crippen LogP contribution in [0.15, 0.2) is 12.4 Å². The third-order valence-electron chi connectivity index (χ3n) is 3.09. The summed E-state index contributed by atoms with van der Waals surface area (Å²) in [6, 6.07) is 0.581. The smallest absolute Gasteiger partial charge is 0.110 e. The van der Waals surface area contributed by atoms with E-state index in [4.69, 9.17) is 0 Å². The fourth-order valence-electron chi connectivity index (χ4n) is 2.21. The van der Waals surface area contributed by atoms with E-state index in [0.717, 1.165) is 19.5 Å². The van der Waals surface area contributed by atoms with Crippen LogP contribution in [0.2, 0.25) is 0 Å². The van der Waals surface area contributed by atoms with Gasteiger partial charge in [-0.15, -0.1) is 0 Å². The molecule has 1 heterocycles. The molecule has 0 aromatic carbocycles. The lowest BCUT2D eigenvalue weighted by molar-refractivity contribution is 0.455. The number of likely N-dealkylation sites (N-methyl/N-ethyl adjacent to an activating group) is 1. The molecule has 0 saturated heterocycles. The monoisotopic (exact) mass is 237 g/mol. The quantitative estimate of drug-likeness (QED) is 0.715. The van der Waals surface area contributed by atoms with Crippen LogP contribution in [0.4, 0.5) is 0 Å². The van der Waals surface area contributed by atoms with Crippen molar-refractivity contribution >= 4 is 0 Å². The number of aromatic nitrogens is 2. The molecule has 0 aliphatic heterocycles. The Bertz CT molecular complexity index is 293. The summed E-state index contributed by atoms with van der Waals surface area (Å²) in [5.41, 5.74) is 0. The van der Waals surface area contributed by atoms with Crippen molar-refractivity contribution < 1.29 is 0 Å². The first-order chi connectivity index (χ1) is 8.31. The summed E-state index contributed by atoms with van der Waals surface area (Å²) in [6.45, 7) is 8.77. The van der Waals surface area contributed by atoms with Gasteiger partial charge in [-0.1, -0.05) is 33.6 Å². The third kappa shape index (κ3) is 4.90. The Balaban J connectivity index is 2.54. The Hall–Kier alpha value is -0.830. The molecule has 0 aliphatic rings. The Morgan fingerprint density at radius 3 is 2.76 bits per heavy atom. The SMILES string of the molecule is CCCCC(Cc1nccn1CCC)NCC. The second-order valence-corrected chi connectivity index (χ2v) is 4.64. The van der Waals surface area contributed by atoms with E-state index in [1.807, 2.05) is 6.20 Å². The zero-order chi connectivity index (χ0) is 12.5. The Kier molecular flexibility index (Phi) is 6.94. The molecule has 0 amide bonds. The minimum atomic E-state index is 0.581. The molecular formula is C14H27N3. The first-order valence-corrected chi connectivity index (χ1v) is 7.05. The van der Waals surface area contributed by atoms with Crippen molar-refractivity contribution in [2.75, 3.05) is 6.54 Å². The maximum Gasteiger partial charge on any atom is 0.110 e. The highest BCUT2D eigenvalue weighted by molar-refractivity contribution is 4.95. The summed E-state index contributed by atoms with van der Waals surface area (Å²) in [5, 5.41) is 3.57. The molecule has 1 aromatic rings. The van der Waals surface area contributed by atoms with Gasteiger partial charge >= 0.3 is 0 Å². The Morgan fingerprint density at radius 1 is 1.29 bits per heavy atom. The van der Waals surface area contributed by atoms with Gasteiger partial charge in [0.1, 0.15) is 5.82 Å². The fraction of sp³-hybridized carbons (Fsp3) is 0.786. The van der Waals surface area contributed by atoms with E-state index < -0.39 is 0 Å². The van der Waals surface area contributed by atoms with Crippen molar-refractivity contribution in [1.29, 1.82) is 0 Å². The van der Waals surface area contributed by atoms with Gasteiger partial charge in [0.05, 0.1) is 0 Å². The molecule has 0 spiro atoms. The minimum Gasteiger partial charge on any atom is -0.335 e. The summed E-state index contributed by atoms with van der Waals surface area (Å²) in [5.74, 6) is 1.23. The minimum absolute atomic E-state index is 0.581. The van der Waals surface area contributed by atoms with E-state index in [2.05, 4.69) is 41.8 Å². The largest absolute Gasteiger partial charge is 0.335 e. The van der Waals surface area contributed by atoms with E-state index in [0.29, 0.717) is 6.04 Å². The molecule has 1 rings (SSSR count). The number of imidazole rings is 1. The van der Waals surface area contributed by atoms with Gasteiger partial charge in [-0.25, -0.2) is 4.98 Å². The van der Waals surface area contributed by atoms with Crippen LogP contribution < -0.4 is 5.32 Å². The average molecular weight is 237 g/mol. The summed E-state index contributed by atoms with van der Waals surface area (Å²) >= 11 is 0. The molecule has 1 unspecified atom stereocenters. The van der Waals surface area contributed by atoms with Crippen LogP contribution in [0.5, 0.6) is 0 Å². The average Bonchev–Trinajstić information content (AvgIpc) is 2.74. The molecule has 98 valence electrons. The highest BCUT2D eigenvalue weighted by Gasteiger charge is 2.11. The molecule has 0 fully saturated rings. The summed E-state index contributed by atoms with van der Waals surface area (Å²) in [4.78, 5) is 4.49. The molecule has 0 radical (unpaired) electrons. The lowest BCUT2D eigenvalue weighted by Crippen LogP contribution is -2.32. The highest BCUT2D eigenvalue weighted by Crippen LogP contribution is 2.08. The van der Waals surface area contributed by atoms with Crippen molar-refractivity contribution in [2.24, 2.45) is 0 Å². The predicted molar refractivity (Wildman–Crippen MR) is 73.2 cm³/mol. The molecule has 3 nitrogen and oxygen atoms in total. The van der Waals surface area contributed by atoms with Gasteiger partial charge in [0, 0.05) is 31.4 Å². The van der Waals surface area contributed by atoms with Crippen molar-refractivity contribution in [2.45, 2.75) is 65.5 Å². The van der Waals surface area contributed by atoms with Crippen LogP contribution >= 0.6 is 0 Å². The summed E-state index contributed by atoms with van der Waals surface area (Å²) in [6.07, 6.45) is 10.1. The van der Waals surface area contributed by atoms with E-state index in [1.54, 1.807) is 0 Å². The zero-order valence-corrected chi connectivity index (χ0v) is 11.6. The van der Waals surface area contributed by atoms with Crippen LogP contribution in [-0.2, 0) is 13.0 Å². The van der Waals surface area contributed by atoms with Crippen molar-refractivity contribution in [3.8, 4) is 0 Å². The first-order valence-electron chi connectivity index (χ1n) is 7.05. The van der Waals surface area contributed by atoms with Gasteiger partial charge in [-0.3, -0.25) is 0 Å². The second kappa shape index (κ2) is 8.29. The molecular weight excluding hydrogens is 210 g/mol. The van der Waals surface area contributed by atoms with Gasteiger partial charge < -0.3 is 9.88 Å². The van der Waals surface area contributed by atoms with Gasteiger partial charge in [-0.2, -0.15) is 0 Å². The van der Waals surface area contributed by atoms with Gasteiger partial charge in [-0.05, 0) is 19.4 Å². The van der Waals surface area contributed by atoms with E-state index >= 15 is 0 Å². The van der Waals surface area contributed by atoms with Gasteiger partial charge in [0.15, 0.2) is 0 Å². The summed E-state index contributed by atoms with van der Waals surface area (Å²) < 4.78 is 2.29. The van der Waals surface area contributed by atoms with Gasteiger partial charge in [0.2, 0.25) is 0 Å². The van der Waals surface area contributed by atoms with E-state index in [1.165, 1.54) is 31.5 Å². The molecule has 1 aromatic heterocycles. The lowest BCUT2D eigenvalue weighted by Gasteiger charge is -2.18. The predicted octanol–water partition coefficient (Wildman–Crippen LogP) is 3.00.